The number of carbonyl (C=O) groups excluding carboxylic acids is 1. The molecule has 0 atom stereocenters. The molecule has 3 aromatic rings. The molecule has 0 aromatic heterocycles. The van der Waals surface area contributed by atoms with E-state index in [1.807, 2.05) is 30.3 Å². The van der Waals surface area contributed by atoms with Crippen LogP contribution in [0, 0.1) is 0 Å². The smallest absolute Gasteiger partial charge is 0.271 e. The van der Waals surface area contributed by atoms with Gasteiger partial charge in [0, 0.05) is 11.1 Å². The van der Waals surface area contributed by atoms with Gasteiger partial charge in [0.15, 0.2) is 11.5 Å². The monoisotopic (exact) mass is 350 g/mol. The van der Waals surface area contributed by atoms with E-state index in [9.17, 15) is 9.90 Å². The van der Waals surface area contributed by atoms with Crippen LogP contribution >= 0.6 is 0 Å². The lowest BCUT2D eigenvalue weighted by atomic mass is 10.0. The first-order chi connectivity index (χ1) is 12.6. The van der Waals surface area contributed by atoms with Crippen molar-refractivity contribution in [3.63, 3.8) is 0 Å². The minimum absolute atomic E-state index is 0.0906. The maximum Gasteiger partial charge on any atom is 0.271 e. The van der Waals surface area contributed by atoms with E-state index in [-0.39, 0.29) is 5.75 Å². The molecule has 0 aliphatic heterocycles. The number of phenols is 1. The first kappa shape index (κ1) is 17.3. The second-order valence-electron chi connectivity index (χ2n) is 5.49. The van der Waals surface area contributed by atoms with Crippen molar-refractivity contribution in [3.05, 3.63) is 65.7 Å². The van der Waals surface area contributed by atoms with Crippen molar-refractivity contribution < 1.29 is 19.4 Å². The van der Waals surface area contributed by atoms with Crippen LogP contribution in [-0.2, 0) is 0 Å². The Balaban J connectivity index is 1.81. The highest BCUT2D eigenvalue weighted by molar-refractivity contribution is 6.03. The van der Waals surface area contributed by atoms with Gasteiger partial charge < -0.3 is 14.6 Å². The molecule has 0 aliphatic rings. The molecule has 0 fully saturated rings. The number of hydrogen-bond acceptors (Lipinski definition) is 5. The van der Waals surface area contributed by atoms with Crippen LogP contribution in [0.2, 0.25) is 0 Å². The number of phenolic OH excluding ortho intramolecular Hbond substituents is 1. The predicted molar refractivity (Wildman–Crippen MR) is 100 cm³/mol. The first-order valence-corrected chi connectivity index (χ1v) is 7.90. The Morgan fingerprint density at radius 1 is 1.04 bits per heavy atom. The van der Waals surface area contributed by atoms with E-state index in [0.29, 0.717) is 22.6 Å². The summed E-state index contributed by atoms with van der Waals surface area (Å²) in [6, 6.07) is 15.9. The number of hydrogen-bond donors (Lipinski definition) is 2. The lowest BCUT2D eigenvalue weighted by molar-refractivity contribution is 0.0954. The van der Waals surface area contributed by atoms with Gasteiger partial charge in [-0.25, -0.2) is 5.43 Å². The third kappa shape index (κ3) is 3.44. The summed E-state index contributed by atoms with van der Waals surface area (Å²) in [6.07, 6.45) is 1.43. The number of nitrogens with zero attached hydrogens (tertiary/aromatic N) is 1. The lowest BCUT2D eigenvalue weighted by Crippen LogP contribution is -2.17. The van der Waals surface area contributed by atoms with E-state index in [2.05, 4.69) is 10.5 Å². The third-order valence-corrected chi connectivity index (χ3v) is 3.95. The number of nitrogens with one attached hydrogen (secondary N) is 1. The van der Waals surface area contributed by atoms with Crippen molar-refractivity contribution in [2.75, 3.05) is 14.2 Å². The Morgan fingerprint density at radius 3 is 2.58 bits per heavy atom. The van der Waals surface area contributed by atoms with Crippen molar-refractivity contribution in [2.24, 2.45) is 5.10 Å². The Hall–Kier alpha value is -3.54. The number of carbonyl (C=O) groups is 1. The SMILES string of the molecule is COc1ccc(C(=O)N/N=C\c2c(O)ccc3ccccc23)cc1OC. The van der Waals surface area contributed by atoms with Crippen LogP contribution in [0.1, 0.15) is 15.9 Å². The molecular weight excluding hydrogens is 332 g/mol. The predicted octanol–water partition coefficient (Wildman–Crippen LogP) is 3.33. The van der Waals surface area contributed by atoms with Crippen molar-refractivity contribution in [3.8, 4) is 17.2 Å². The largest absolute Gasteiger partial charge is 0.507 e. The number of methoxy groups -OCH3 is 2. The highest BCUT2D eigenvalue weighted by Gasteiger charge is 2.10. The molecule has 0 saturated heterocycles. The normalized spacial score (nSPS) is 10.8. The molecular formula is C20H18N2O4. The number of fused-ring (bicyclic) bond motifs is 1. The fourth-order valence-corrected chi connectivity index (χ4v) is 2.62. The summed E-state index contributed by atoms with van der Waals surface area (Å²) in [5, 5.41) is 15.9. The van der Waals surface area contributed by atoms with Gasteiger partial charge in [0.1, 0.15) is 5.75 Å². The van der Waals surface area contributed by atoms with Gasteiger partial charge >= 0.3 is 0 Å². The molecule has 132 valence electrons. The second-order valence-corrected chi connectivity index (χ2v) is 5.49. The molecule has 0 heterocycles. The summed E-state index contributed by atoms with van der Waals surface area (Å²) in [6.45, 7) is 0. The fourth-order valence-electron chi connectivity index (χ4n) is 2.62. The summed E-state index contributed by atoms with van der Waals surface area (Å²) in [5.41, 5.74) is 3.37. The molecule has 2 N–H and O–H groups in total. The zero-order valence-corrected chi connectivity index (χ0v) is 14.4. The van der Waals surface area contributed by atoms with Gasteiger partial charge in [-0.2, -0.15) is 5.10 Å². The van der Waals surface area contributed by atoms with Crippen LogP contribution in [0.15, 0.2) is 59.7 Å². The minimum Gasteiger partial charge on any atom is -0.507 e. The first-order valence-electron chi connectivity index (χ1n) is 7.90. The molecule has 0 saturated carbocycles. The molecule has 0 aliphatic carbocycles. The van der Waals surface area contributed by atoms with Crippen LogP contribution in [0.25, 0.3) is 10.8 Å². The summed E-state index contributed by atoms with van der Waals surface area (Å²) in [4.78, 5) is 12.3. The lowest BCUT2D eigenvalue weighted by Gasteiger charge is -2.08. The second kappa shape index (κ2) is 7.57. The van der Waals surface area contributed by atoms with Crippen molar-refractivity contribution in [1.82, 2.24) is 5.43 Å². The molecule has 26 heavy (non-hydrogen) atoms. The van der Waals surface area contributed by atoms with E-state index in [1.165, 1.54) is 20.4 Å². The van der Waals surface area contributed by atoms with Gasteiger partial charge in [0.2, 0.25) is 0 Å². The quantitative estimate of drug-likeness (QED) is 0.546. The standard InChI is InChI=1S/C20H18N2O4/c1-25-18-10-8-14(11-19(18)26-2)20(24)22-21-12-16-15-6-4-3-5-13(15)7-9-17(16)23/h3-12,23H,1-2H3,(H,22,24)/b21-12-. The summed E-state index contributed by atoms with van der Waals surface area (Å²) in [5.74, 6) is 0.679. The van der Waals surface area contributed by atoms with Gasteiger partial charge in [-0.05, 0) is 35.0 Å². The number of hydrazone groups is 1. The number of amides is 1. The average Bonchev–Trinajstić information content (AvgIpc) is 2.68. The van der Waals surface area contributed by atoms with E-state index < -0.39 is 5.91 Å². The van der Waals surface area contributed by atoms with Crippen LogP contribution in [-0.4, -0.2) is 31.4 Å². The number of aromatic hydroxyl groups is 1. The van der Waals surface area contributed by atoms with Gasteiger partial charge in [-0.3, -0.25) is 4.79 Å². The Labute approximate surface area is 150 Å². The molecule has 0 spiro atoms. The summed E-state index contributed by atoms with van der Waals surface area (Å²) in [7, 11) is 3.03. The van der Waals surface area contributed by atoms with Gasteiger partial charge in [0.25, 0.3) is 5.91 Å². The average molecular weight is 350 g/mol. The van der Waals surface area contributed by atoms with E-state index in [4.69, 9.17) is 9.47 Å². The molecule has 0 unspecified atom stereocenters. The van der Waals surface area contributed by atoms with Crippen LogP contribution in [0.4, 0.5) is 0 Å². The van der Waals surface area contributed by atoms with Gasteiger partial charge in [-0.15, -0.1) is 0 Å². The van der Waals surface area contributed by atoms with Crippen LogP contribution in [0.5, 0.6) is 17.2 Å². The minimum atomic E-state index is -0.401. The molecule has 3 rings (SSSR count). The van der Waals surface area contributed by atoms with Gasteiger partial charge in [0.05, 0.1) is 20.4 Å². The Kier molecular flexibility index (Phi) is 5.03. The molecule has 0 radical (unpaired) electrons. The Bertz CT molecular complexity index is 983. The van der Waals surface area contributed by atoms with Crippen molar-refractivity contribution in [2.45, 2.75) is 0 Å². The maximum atomic E-state index is 12.3. The van der Waals surface area contributed by atoms with E-state index >= 15 is 0 Å². The van der Waals surface area contributed by atoms with Crippen LogP contribution < -0.4 is 14.9 Å². The third-order valence-electron chi connectivity index (χ3n) is 3.95. The molecule has 1 amide bonds. The zero-order valence-electron chi connectivity index (χ0n) is 14.4. The van der Waals surface area contributed by atoms with E-state index in [0.717, 1.165) is 10.8 Å². The van der Waals surface area contributed by atoms with Crippen LogP contribution in [0.3, 0.4) is 0 Å². The van der Waals surface area contributed by atoms with Crippen molar-refractivity contribution in [1.29, 1.82) is 0 Å². The van der Waals surface area contributed by atoms with E-state index in [1.54, 1.807) is 24.3 Å². The number of ether oxygens (including phenoxy) is 2. The highest BCUT2D eigenvalue weighted by atomic mass is 16.5. The van der Waals surface area contributed by atoms with Gasteiger partial charge in [-0.1, -0.05) is 30.3 Å². The van der Waals surface area contributed by atoms with Crippen molar-refractivity contribution >= 4 is 22.9 Å². The Morgan fingerprint density at radius 2 is 1.81 bits per heavy atom. The molecule has 0 bridgehead atoms. The number of benzene rings is 3. The topological polar surface area (TPSA) is 80.2 Å². The number of rotatable bonds is 5. The highest BCUT2D eigenvalue weighted by Crippen LogP contribution is 2.27. The molecule has 6 nitrogen and oxygen atoms in total. The molecule has 3 aromatic carbocycles. The zero-order chi connectivity index (χ0) is 18.5. The molecule has 6 heteroatoms. The maximum absolute atomic E-state index is 12.3. The fraction of sp³-hybridized carbons (Fsp3) is 0.100. The summed E-state index contributed by atoms with van der Waals surface area (Å²) < 4.78 is 10.3. The summed E-state index contributed by atoms with van der Waals surface area (Å²) >= 11 is 0.